The lowest BCUT2D eigenvalue weighted by molar-refractivity contribution is 0.347. The summed E-state index contributed by atoms with van der Waals surface area (Å²) >= 11 is 0. The van der Waals surface area contributed by atoms with Crippen molar-refractivity contribution in [2.24, 2.45) is 11.8 Å². The quantitative estimate of drug-likeness (QED) is 0.787. The maximum absolute atomic E-state index is 11.6. The molecule has 2 saturated carbocycles. The third-order valence-electron chi connectivity index (χ3n) is 4.25. The zero-order valence-corrected chi connectivity index (χ0v) is 12.9. The number of nitrogens with zero attached hydrogens (tertiary/aromatic N) is 3. The second-order valence-corrected chi connectivity index (χ2v) is 9.03. The second kappa shape index (κ2) is 3.95. The summed E-state index contributed by atoms with van der Waals surface area (Å²) in [6.07, 6.45) is 3.71. The molecule has 7 heteroatoms. The van der Waals surface area contributed by atoms with E-state index in [4.69, 9.17) is 10.7 Å². The van der Waals surface area contributed by atoms with Gasteiger partial charge in [-0.25, -0.2) is 8.42 Å². The Morgan fingerprint density at radius 3 is 2.26 bits per heavy atom. The van der Waals surface area contributed by atoms with Crippen LogP contribution >= 0.6 is 10.7 Å². The van der Waals surface area contributed by atoms with Crippen molar-refractivity contribution in [3.8, 4) is 0 Å². The molecule has 5 nitrogen and oxygen atoms in total. The molecule has 3 rings (SSSR count). The van der Waals surface area contributed by atoms with Gasteiger partial charge in [0.1, 0.15) is 5.82 Å². The van der Waals surface area contributed by atoms with Crippen molar-refractivity contribution in [1.82, 2.24) is 14.8 Å². The van der Waals surface area contributed by atoms with Gasteiger partial charge in [-0.3, -0.25) is 4.57 Å². The number of hydrogen-bond acceptors (Lipinski definition) is 4. The van der Waals surface area contributed by atoms with Gasteiger partial charge in [-0.1, -0.05) is 6.42 Å². The minimum Gasteiger partial charge on any atom is -0.295 e. The van der Waals surface area contributed by atoms with Crippen LogP contribution in [-0.2, 0) is 14.6 Å². The summed E-state index contributed by atoms with van der Waals surface area (Å²) in [5, 5.41) is 7.85. The molecule has 19 heavy (non-hydrogen) atoms. The largest absolute Gasteiger partial charge is 0.296 e. The molecular formula is C12H18ClN3O2S. The fourth-order valence-electron chi connectivity index (χ4n) is 3.49. The Bertz CT molecular complexity index is 607. The molecule has 1 aromatic heterocycles. The summed E-state index contributed by atoms with van der Waals surface area (Å²) in [7, 11) is 1.61. The average Bonchev–Trinajstić information content (AvgIpc) is 2.71. The van der Waals surface area contributed by atoms with Crippen LogP contribution in [0.25, 0.3) is 0 Å². The third kappa shape index (κ3) is 2.09. The first-order valence-corrected chi connectivity index (χ1v) is 8.92. The predicted molar refractivity (Wildman–Crippen MR) is 71.6 cm³/mol. The van der Waals surface area contributed by atoms with Gasteiger partial charge in [0.05, 0.1) is 0 Å². The Kier molecular flexibility index (Phi) is 2.78. The predicted octanol–water partition coefficient (Wildman–Crippen LogP) is 2.47. The van der Waals surface area contributed by atoms with Crippen molar-refractivity contribution in [2.75, 3.05) is 0 Å². The van der Waals surface area contributed by atoms with Crippen molar-refractivity contribution in [1.29, 1.82) is 0 Å². The van der Waals surface area contributed by atoms with E-state index in [1.807, 2.05) is 20.8 Å². The molecule has 2 unspecified atom stereocenters. The summed E-state index contributed by atoms with van der Waals surface area (Å²) < 4.78 is 25.0. The van der Waals surface area contributed by atoms with Gasteiger partial charge >= 0.3 is 0 Å². The van der Waals surface area contributed by atoms with Gasteiger partial charge in [0.25, 0.3) is 14.2 Å². The van der Waals surface area contributed by atoms with Crippen LogP contribution in [0.3, 0.4) is 0 Å². The first kappa shape index (κ1) is 13.4. The molecule has 1 heterocycles. The topological polar surface area (TPSA) is 64.8 Å². The molecule has 0 bridgehead atoms. The van der Waals surface area contributed by atoms with Crippen LogP contribution < -0.4 is 0 Å². The van der Waals surface area contributed by atoms with Crippen LogP contribution in [0.2, 0.25) is 0 Å². The summed E-state index contributed by atoms with van der Waals surface area (Å²) in [4.78, 5) is 0. The lowest BCUT2D eigenvalue weighted by Gasteiger charge is -2.24. The molecule has 106 valence electrons. The second-order valence-electron chi connectivity index (χ2n) is 6.57. The Morgan fingerprint density at radius 1 is 1.21 bits per heavy atom. The van der Waals surface area contributed by atoms with E-state index in [1.165, 1.54) is 19.3 Å². The summed E-state index contributed by atoms with van der Waals surface area (Å²) in [5.41, 5.74) is -0.396. The molecule has 0 N–H and O–H groups in total. The Balaban J connectivity index is 2.09. The number of halogens is 1. The maximum Gasteiger partial charge on any atom is 0.296 e. The Morgan fingerprint density at radius 2 is 1.79 bits per heavy atom. The molecule has 0 spiro atoms. The highest BCUT2D eigenvalue weighted by Gasteiger charge is 2.56. The van der Waals surface area contributed by atoms with E-state index in [9.17, 15) is 8.42 Å². The highest BCUT2D eigenvalue weighted by molar-refractivity contribution is 8.13. The summed E-state index contributed by atoms with van der Waals surface area (Å²) in [5.74, 6) is 2.49. The average molecular weight is 304 g/mol. The number of fused-ring (bicyclic) bond motifs is 1. The minimum absolute atomic E-state index is 0.123. The zero-order valence-electron chi connectivity index (χ0n) is 11.3. The SMILES string of the molecule is CC(C)(C)n1c(C2C3CCCC32)nnc1S(=O)(=O)Cl. The highest BCUT2D eigenvalue weighted by atomic mass is 35.7. The fraction of sp³-hybridized carbons (Fsp3) is 0.833. The Labute approximate surface area is 117 Å². The van der Waals surface area contributed by atoms with E-state index in [-0.39, 0.29) is 5.16 Å². The molecule has 2 fully saturated rings. The van der Waals surface area contributed by atoms with Crippen LogP contribution in [0.1, 0.15) is 51.8 Å². The molecule has 1 aromatic rings. The minimum atomic E-state index is -3.86. The third-order valence-corrected chi connectivity index (χ3v) is 5.37. The van der Waals surface area contributed by atoms with Gasteiger partial charge < -0.3 is 0 Å². The van der Waals surface area contributed by atoms with Gasteiger partial charge in [-0.15, -0.1) is 10.2 Å². The van der Waals surface area contributed by atoms with Crippen molar-refractivity contribution >= 4 is 19.7 Å². The van der Waals surface area contributed by atoms with Gasteiger partial charge in [-0.05, 0) is 45.4 Å². The first-order chi connectivity index (χ1) is 8.71. The van der Waals surface area contributed by atoms with Crippen molar-refractivity contribution in [3.63, 3.8) is 0 Å². The van der Waals surface area contributed by atoms with Crippen LogP contribution in [0.4, 0.5) is 0 Å². The fourth-order valence-corrected chi connectivity index (χ4v) is 4.51. The van der Waals surface area contributed by atoms with E-state index in [0.717, 1.165) is 5.82 Å². The molecule has 0 amide bonds. The van der Waals surface area contributed by atoms with E-state index >= 15 is 0 Å². The van der Waals surface area contributed by atoms with Gasteiger partial charge in [0, 0.05) is 22.1 Å². The van der Waals surface area contributed by atoms with Gasteiger partial charge in [-0.2, -0.15) is 0 Å². The van der Waals surface area contributed by atoms with E-state index < -0.39 is 14.6 Å². The van der Waals surface area contributed by atoms with Crippen LogP contribution in [-0.4, -0.2) is 23.2 Å². The van der Waals surface area contributed by atoms with Gasteiger partial charge in [0.15, 0.2) is 0 Å². The molecule has 0 radical (unpaired) electrons. The van der Waals surface area contributed by atoms with Crippen LogP contribution in [0.15, 0.2) is 5.16 Å². The monoisotopic (exact) mass is 303 g/mol. The molecule has 0 saturated heterocycles. The van der Waals surface area contributed by atoms with Crippen molar-refractivity contribution in [2.45, 2.75) is 56.6 Å². The summed E-state index contributed by atoms with van der Waals surface area (Å²) in [6, 6.07) is 0. The van der Waals surface area contributed by atoms with Crippen molar-refractivity contribution in [3.05, 3.63) is 5.82 Å². The van der Waals surface area contributed by atoms with E-state index in [2.05, 4.69) is 10.2 Å². The normalized spacial score (nSPS) is 30.4. The van der Waals surface area contributed by atoms with Crippen LogP contribution in [0.5, 0.6) is 0 Å². The van der Waals surface area contributed by atoms with Crippen LogP contribution in [0, 0.1) is 11.8 Å². The van der Waals surface area contributed by atoms with Crippen molar-refractivity contribution < 1.29 is 8.42 Å². The molecule has 2 aliphatic rings. The number of hydrogen-bond donors (Lipinski definition) is 0. The first-order valence-electron chi connectivity index (χ1n) is 6.61. The molecule has 2 aliphatic carbocycles. The lowest BCUT2D eigenvalue weighted by Crippen LogP contribution is -2.27. The lowest BCUT2D eigenvalue weighted by atomic mass is 10.1. The standard InChI is InChI=1S/C12H18ClN3O2S/c1-12(2,3)16-10(9-7-5-4-6-8(7)9)14-15-11(16)19(13,17)18/h7-9H,4-6H2,1-3H3. The van der Waals surface area contributed by atoms with Gasteiger partial charge in [0.2, 0.25) is 0 Å². The molecular weight excluding hydrogens is 286 g/mol. The highest BCUT2D eigenvalue weighted by Crippen LogP contribution is 2.63. The smallest absolute Gasteiger partial charge is 0.295 e. The van der Waals surface area contributed by atoms with E-state index in [0.29, 0.717) is 17.8 Å². The molecule has 0 aliphatic heterocycles. The number of rotatable bonds is 2. The Hall–Kier alpha value is -0.620. The molecule has 2 atom stereocenters. The molecule has 0 aromatic carbocycles. The maximum atomic E-state index is 11.6. The summed E-state index contributed by atoms with van der Waals surface area (Å²) in [6.45, 7) is 5.84. The van der Waals surface area contributed by atoms with E-state index in [1.54, 1.807) is 4.57 Å². The number of aromatic nitrogens is 3. The zero-order chi connectivity index (χ0) is 14.0.